The van der Waals surface area contributed by atoms with Crippen LogP contribution in [0.1, 0.15) is 5.56 Å². The summed E-state index contributed by atoms with van der Waals surface area (Å²) in [4.78, 5) is 3.76. The molecule has 0 aliphatic heterocycles. The summed E-state index contributed by atoms with van der Waals surface area (Å²) in [5, 5.41) is -0.0474. The van der Waals surface area contributed by atoms with E-state index in [4.69, 9.17) is 23.2 Å². The van der Waals surface area contributed by atoms with E-state index in [0.29, 0.717) is 0 Å². The van der Waals surface area contributed by atoms with Crippen molar-refractivity contribution in [3.63, 3.8) is 0 Å². The molecule has 0 unspecified atom stereocenters. The highest BCUT2D eigenvalue weighted by molar-refractivity contribution is 6.40. The zero-order chi connectivity index (χ0) is 11.2. The summed E-state index contributed by atoms with van der Waals surface area (Å²) in [5.74, 6) is 0. The smallest absolute Gasteiger partial charge is 0.289 e. The van der Waals surface area contributed by atoms with Crippen LogP contribution in [0.25, 0.3) is 5.65 Å². The summed E-state index contributed by atoms with van der Waals surface area (Å²) in [6.07, 6.45) is -3.55. The number of hydrogen-bond acceptors (Lipinski definition) is 1. The molecule has 0 saturated carbocycles. The fourth-order valence-electron chi connectivity index (χ4n) is 1.16. The number of rotatable bonds is 0. The van der Waals surface area contributed by atoms with E-state index < -0.39 is 11.7 Å². The Labute approximate surface area is 92.2 Å². The second-order valence-corrected chi connectivity index (χ2v) is 3.55. The Morgan fingerprint density at radius 1 is 1.20 bits per heavy atom. The molecule has 0 aliphatic carbocycles. The molecule has 2 heterocycles. The first-order valence-corrected chi connectivity index (χ1v) is 4.55. The summed E-state index contributed by atoms with van der Waals surface area (Å²) >= 11 is 11.2. The van der Waals surface area contributed by atoms with E-state index in [1.54, 1.807) is 0 Å². The maximum Gasteiger partial charge on any atom is 0.417 e. The van der Waals surface area contributed by atoms with E-state index in [2.05, 4.69) is 4.98 Å². The molecule has 0 amide bonds. The quantitative estimate of drug-likeness (QED) is 0.702. The van der Waals surface area contributed by atoms with Gasteiger partial charge < -0.3 is 0 Å². The Morgan fingerprint density at radius 2 is 1.87 bits per heavy atom. The van der Waals surface area contributed by atoms with Crippen LogP contribution in [-0.4, -0.2) is 9.38 Å². The molecule has 7 heteroatoms. The first-order valence-electron chi connectivity index (χ1n) is 3.80. The van der Waals surface area contributed by atoms with E-state index >= 15 is 0 Å². The van der Waals surface area contributed by atoms with E-state index in [0.717, 1.165) is 16.7 Å². The van der Waals surface area contributed by atoms with Gasteiger partial charge in [-0.25, -0.2) is 4.98 Å². The molecule has 0 bridgehead atoms. The van der Waals surface area contributed by atoms with Gasteiger partial charge in [-0.2, -0.15) is 13.2 Å². The Kier molecular flexibility index (Phi) is 2.31. The van der Waals surface area contributed by atoms with E-state index in [1.807, 2.05) is 0 Å². The minimum absolute atomic E-state index is 0.0176. The molecule has 2 aromatic rings. The van der Waals surface area contributed by atoms with Gasteiger partial charge in [-0.15, -0.1) is 0 Å². The number of hydrogen-bond donors (Lipinski definition) is 0. The van der Waals surface area contributed by atoms with Gasteiger partial charge in [0.05, 0.1) is 5.56 Å². The minimum atomic E-state index is -4.41. The van der Waals surface area contributed by atoms with E-state index in [-0.39, 0.29) is 16.0 Å². The van der Waals surface area contributed by atoms with Gasteiger partial charge in [-0.1, -0.05) is 23.2 Å². The molecule has 2 rings (SSSR count). The second kappa shape index (κ2) is 3.28. The topological polar surface area (TPSA) is 17.3 Å². The standard InChI is InChI=1S/C8H3Cl2F3N2/c9-6-7(10)15-3-4(8(11,12)13)1-2-5(15)14-6/h1-3H. The summed E-state index contributed by atoms with van der Waals surface area (Å²) in [7, 11) is 0. The molecular formula is C8H3Cl2F3N2. The van der Waals surface area contributed by atoms with Gasteiger partial charge >= 0.3 is 6.18 Å². The van der Waals surface area contributed by atoms with Crippen LogP contribution in [-0.2, 0) is 6.18 Å². The predicted octanol–water partition coefficient (Wildman–Crippen LogP) is 3.66. The fourth-order valence-corrected chi connectivity index (χ4v) is 1.51. The molecule has 2 aromatic heterocycles. The van der Waals surface area contributed by atoms with Crippen molar-refractivity contribution in [1.29, 1.82) is 0 Å². The summed E-state index contributed by atoms with van der Waals surface area (Å²) in [6.45, 7) is 0. The molecule has 0 aromatic carbocycles. The van der Waals surface area contributed by atoms with Crippen LogP contribution in [0.2, 0.25) is 10.3 Å². The predicted molar refractivity (Wildman–Crippen MR) is 50.2 cm³/mol. The highest BCUT2D eigenvalue weighted by atomic mass is 35.5. The maximum atomic E-state index is 12.3. The second-order valence-electron chi connectivity index (χ2n) is 2.84. The van der Waals surface area contributed by atoms with Gasteiger partial charge in [-0.05, 0) is 12.1 Å². The highest BCUT2D eigenvalue weighted by Gasteiger charge is 2.31. The number of aromatic nitrogens is 2. The lowest BCUT2D eigenvalue weighted by atomic mass is 10.3. The van der Waals surface area contributed by atoms with Crippen LogP contribution in [0.3, 0.4) is 0 Å². The first kappa shape index (κ1) is 10.6. The zero-order valence-electron chi connectivity index (χ0n) is 7.02. The number of imidazole rings is 1. The van der Waals surface area contributed by atoms with Gasteiger partial charge in [-0.3, -0.25) is 4.40 Å². The first-order chi connectivity index (χ1) is 6.89. The van der Waals surface area contributed by atoms with Crippen molar-refractivity contribution in [2.75, 3.05) is 0 Å². The van der Waals surface area contributed by atoms with Crippen LogP contribution < -0.4 is 0 Å². The van der Waals surface area contributed by atoms with Gasteiger partial charge in [0, 0.05) is 6.20 Å². The van der Waals surface area contributed by atoms with Crippen LogP contribution >= 0.6 is 23.2 Å². The third kappa shape index (κ3) is 1.77. The molecule has 2 nitrogen and oxygen atoms in total. The molecule has 0 N–H and O–H groups in total. The maximum absolute atomic E-state index is 12.3. The lowest BCUT2D eigenvalue weighted by Crippen LogP contribution is -2.06. The molecule has 0 radical (unpaired) electrons. The molecule has 80 valence electrons. The van der Waals surface area contributed by atoms with Crippen molar-refractivity contribution in [2.24, 2.45) is 0 Å². The highest BCUT2D eigenvalue weighted by Crippen LogP contribution is 2.31. The molecule has 0 fully saturated rings. The number of pyridine rings is 1. The molecule has 0 aliphatic rings. The zero-order valence-corrected chi connectivity index (χ0v) is 8.53. The number of halogens is 5. The van der Waals surface area contributed by atoms with Crippen molar-refractivity contribution in [3.05, 3.63) is 34.2 Å². The Bertz CT molecular complexity index is 518. The summed E-state index contributed by atoms with van der Waals surface area (Å²) in [6, 6.07) is 2.13. The number of alkyl halides is 3. The van der Waals surface area contributed by atoms with Crippen LogP contribution in [0.15, 0.2) is 18.3 Å². The normalized spacial score (nSPS) is 12.3. The van der Waals surface area contributed by atoms with E-state index in [1.165, 1.54) is 6.07 Å². The van der Waals surface area contributed by atoms with E-state index in [9.17, 15) is 13.2 Å². The molecule has 0 saturated heterocycles. The Hall–Kier alpha value is -0.940. The average molecular weight is 255 g/mol. The van der Waals surface area contributed by atoms with Gasteiger partial charge in [0.15, 0.2) is 10.3 Å². The number of fused-ring (bicyclic) bond motifs is 1. The number of nitrogens with zero attached hydrogens (tertiary/aromatic N) is 2. The van der Waals surface area contributed by atoms with Crippen molar-refractivity contribution in [1.82, 2.24) is 9.38 Å². The van der Waals surface area contributed by atoms with Crippen molar-refractivity contribution >= 4 is 28.8 Å². The lowest BCUT2D eigenvalue weighted by molar-refractivity contribution is -0.137. The summed E-state index contributed by atoms with van der Waals surface area (Å²) in [5.41, 5.74) is -0.524. The Morgan fingerprint density at radius 3 is 2.47 bits per heavy atom. The third-order valence-corrected chi connectivity index (χ3v) is 2.57. The van der Waals surface area contributed by atoms with Crippen LogP contribution in [0.4, 0.5) is 13.2 Å². The molecule has 15 heavy (non-hydrogen) atoms. The fraction of sp³-hybridized carbons (Fsp3) is 0.125. The van der Waals surface area contributed by atoms with Crippen LogP contribution in [0.5, 0.6) is 0 Å². The minimum Gasteiger partial charge on any atom is -0.289 e. The Balaban J connectivity index is 2.70. The molecular weight excluding hydrogens is 252 g/mol. The van der Waals surface area contributed by atoms with Gasteiger partial charge in [0.2, 0.25) is 0 Å². The largest absolute Gasteiger partial charge is 0.417 e. The van der Waals surface area contributed by atoms with Crippen molar-refractivity contribution in [2.45, 2.75) is 6.18 Å². The lowest BCUT2D eigenvalue weighted by Gasteiger charge is -2.06. The van der Waals surface area contributed by atoms with Crippen LogP contribution in [0, 0.1) is 0 Å². The van der Waals surface area contributed by atoms with Crippen molar-refractivity contribution in [3.8, 4) is 0 Å². The average Bonchev–Trinajstić information content (AvgIpc) is 2.41. The summed E-state index contributed by atoms with van der Waals surface area (Å²) < 4.78 is 38.1. The monoisotopic (exact) mass is 254 g/mol. The van der Waals surface area contributed by atoms with Crippen molar-refractivity contribution < 1.29 is 13.2 Å². The SMILES string of the molecule is FC(F)(F)c1ccc2nc(Cl)c(Cl)n2c1. The molecule has 0 spiro atoms. The van der Waals surface area contributed by atoms with Gasteiger partial charge in [0.1, 0.15) is 5.65 Å². The third-order valence-electron chi connectivity index (χ3n) is 1.85. The molecule has 0 atom stereocenters. The van der Waals surface area contributed by atoms with Gasteiger partial charge in [0.25, 0.3) is 0 Å².